The van der Waals surface area contributed by atoms with Gasteiger partial charge < -0.3 is 23.7 Å². The summed E-state index contributed by atoms with van der Waals surface area (Å²) in [7, 11) is -10.3. The first-order valence-electron chi connectivity index (χ1n) is 1.33. The van der Waals surface area contributed by atoms with Crippen LogP contribution in [0.25, 0.3) is 0 Å². The van der Waals surface area contributed by atoms with E-state index in [-0.39, 0.29) is 64.6 Å². The molecule has 0 aliphatic carbocycles. The molecule has 0 atom stereocenters. The van der Waals surface area contributed by atoms with Gasteiger partial charge in [-0.15, -0.1) is 0 Å². The maximum Gasteiger partial charge on any atom is 1.00 e. The summed E-state index contributed by atoms with van der Waals surface area (Å²) >= 11 is 0. The summed E-state index contributed by atoms with van der Waals surface area (Å²) in [5.74, 6) is 0. The van der Waals surface area contributed by atoms with Crippen molar-refractivity contribution in [2.45, 2.75) is 0 Å². The Kier molecular flexibility index (Phi) is 26.6. The molecule has 0 aliphatic rings. The first kappa shape index (κ1) is 29.3. The van der Waals surface area contributed by atoms with Crippen LogP contribution in [0.15, 0.2) is 0 Å². The largest absolute Gasteiger partial charge is 1.00 e. The van der Waals surface area contributed by atoms with E-state index < -0.39 is 20.8 Å². The van der Waals surface area contributed by atoms with Crippen LogP contribution in [0.4, 0.5) is 0 Å². The number of hydrogen-bond donors (Lipinski definition) is 0. The van der Waals surface area contributed by atoms with Crippen molar-refractivity contribution in [1.29, 1.82) is 0 Å². The smallest absolute Gasteiger partial charge is 0.759 e. The van der Waals surface area contributed by atoms with Crippen LogP contribution in [-0.2, 0) is 20.8 Å². The molecule has 0 saturated carbocycles. The first-order valence-corrected chi connectivity index (χ1v) is 4.00. The van der Waals surface area contributed by atoms with E-state index >= 15 is 0 Å². The first-order chi connectivity index (χ1) is 4.00. The molecule has 72 valence electrons. The van der Waals surface area contributed by atoms with E-state index in [4.69, 9.17) is 35.0 Å². The maximum atomic E-state index is 8.52. The van der Waals surface area contributed by atoms with E-state index in [1.54, 1.807) is 0 Å². The topological polar surface area (TPSA) is 192 Å². The SMILES string of the molecule is O.O=S(=O)([O-])[O-].O=S(=O)([O-])[O-].[Na+].[Na+]. The second-order valence-electron chi connectivity index (χ2n) is 0.816. The molecule has 0 radical (unpaired) electrons. The van der Waals surface area contributed by atoms with E-state index in [1.165, 1.54) is 0 Å². The molecule has 0 amide bonds. The fraction of sp³-hybridized carbons (Fsp3) is 0. The van der Waals surface area contributed by atoms with E-state index in [1.807, 2.05) is 0 Å². The normalized spacial score (nSPS) is 8.92. The van der Waals surface area contributed by atoms with E-state index in [9.17, 15) is 0 Å². The van der Waals surface area contributed by atoms with Gasteiger partial charge in [-0.05, 0) is 0 Å². The van der Waals surface area contributed by atoms with Crippen LogP contribution in [0.2, 0.25) is 0 Å². The number of hydrogen-bond acceptors (Lipinski definition) is 8. The molecule has 9 nitrogen and oxygen atoms in total. The Hall–Kier alpha value is 1.70. The third-order valence-corrected chi connectivity index (χ3v) is 0. The Labute approximate surface area is 119 Å². The maximum absolute atomic E-state index is 8.52. The predicted octanol–water partition coefficient (Wildman–Crippen LogP) is -9.49. The van der Waals surface area contributed by atoms with E-state index in [0.29, 0.717) is 0 Å². The van der Waals surface area contributed by atoms with Crippen molar-refractivity contribution in [3.63, 3.8) is 0 Å². The van der Waals surface area contributed by atoms with Crippen LogP contribution in [-0.4, -0.2) is 40.5 Å². The summed E-state index contributed by atoms with van der Waals surface area (Å²) in [6.45, 7) is 0. The second kappa shape index (κ2) is 11.8. The third-order valence-electron chi connectivity index (χ3n) is 0. The van der Waals surface area contributed by atoms with Gasteiger partial charge in [0.05, 0.1) is 0 Å². The number of rotatable bonds is 0. The van der Waals surface area contributed by atoms with Crippen LogP contribution in [0.3, 0.4) is 0 Å². The molecule has 13 heavy (non-hydrogen) atoms. The van der Waals surface area contributed by atoms with Crippen LogP contribution >= 0.6 is 0 Å². The van der Waals surface area contributed by atoms with Crippen molar-refractivity contribution in [1.82, 2.24) is 0 Å². The minimum atomic E-state index is -5.17. The second-order valence-corrected chi connectivity index (χ2v) is 2.45. The molecule has 0 rings (SSSR count). The van der Waals surface area contributed by atoms with Gasteiger partial charge in [-0.1, -0.05) is 0 Å². The average Bonchev–Trinajstić information content (AvgIpc) is 1.12. The fourth-order valence-corrected chi connectivity index (χ4v) is 0. The Balaban J connectivity index is -0.0000000267. The van der Waals surface area contributed by atoms with Gasteiger partial charge in [-0.2, -0.15) is 0 Å². The Bertz CT molecular complexity index is 212. The molecule has 0 aliphatic heterocycles. The van der Waals surface area contributed by atoms with E-state index in [0.717, 1.165) is 0 Å². The molecule has 13 heteroatoms. The summed E-state index contributed by atoms with van der Waals surface area (Å²) in [4.78, 5) is 0. The van der Waals surface area contributed by atoms with Crippen molar-refractivity contribution in [3.05, 3.63) is 0 Å². The van der Waals surface area contributed by atoms with E-state index in [2.05, 4.69) is 0 Å². The Morgan fingerprint density at radius 1 is 0.615 bits per heavy atom. The van der Waals surface area contributed by atoms with Crippen LogP contribution < -0.4 is 59.1 Å². The third kappa shape index (κ3) is 649. The minimum Gasteiger partial charge on any atom is -0.759 e. The van der Waals surface area contributed by atoms with Crippen molar-refractivity contribution < 1.29 is 99.6 Å². The molecule has 2 N–H and O–H groups in total. The molecule has 0 heterocycles. The van der Waals surface area contributed by atoms with Crippen molar-refractivity contribution in [2.75, 3.05) is 0 Å². The summed E-state index contributed by atoms with van der Waals surface area (Å²) in [6, 6.07) is 0. The minimum absolute atomic E-state index is 0. The molecule has 0 aromatic heterocycles. The molecular formula is H2Na2O9S2-2. The van der Waals surface area contributed by atoms with Crippen molar-refractivity contribution in [2.24, 2.45) is 0 Å². The molecule has 0 saturated heterocycles. The fourth-order valence-electron chi connectivity index (χ4n) is 0. The quantitative estimate of drug-likeness (QED) is 0.231. The Morgan fingerprint density at radius 3 is 0.615 bits per heavy atom. The van der Waals surface area contributed by atoms with Crippen molar-refractivity contribution in [3.8, 4) is 0 Å². The molecule has 0 fully saturated rings. The van der Waals surface area contributed by atoms with Gasteiger partial charge in [0.15, 0.2) is 0 Å². The molecule has 0 bridgehead atoms. The standard InChI is InChI=1S/2Na.2H2O4S.H2O/c;;2*1-5(2,3)4;/h;;2*(H2,1,2,3,4);1H2/q2*+1;;;/p-4. The van der Waals surface area contributed by atoms with Crippen LogP contribution in [0, 0.1) is 0 Å². The van der Waals surface area contributed by atoms with Gasteiger partial charge in [-0.3, -0.25) is 16.8 Å². The van der Waals surface area contributed by atoms with Gasteiger partial charge in [-0.25, -0.2) is 0 Å². The Morgan fingerprint density at radius 2 is 0.615 bits per heavy atom. The van der Waals surface area contributed by atoms with Gasteiger partial charge in [0.25, 0.3) is 0 Å². The van der Waals surface area contributed by atoms with Crippen LogP contribution in [0.1, 0.15) is 0 Å². The molecule has 0 unspecified atom stereocenters. The summed E-state index contributed by atoms with van der Waals surface area (Å²) in [5.41, 5.74) is 0. The average molecular weight is 256 g/mol. The summed E-state index contributed by atoms with van der Waals surface area (Å²) in [6.07, 6.45) is 0. The van der Waals surface area contributed by atoms with Gasteiger partial charge in [0, 0.05) is 20.8 Å². The van der Waals surface area contributed by atoms with Crippen molar-refractivity contribution >= 4 is 20.8 Å². The van der Waals surface area contributed by atoms with Gasteiger partial charge in [0.2, 0.25) is 0 Å². The molecular weight excluding hydrogens is 254 g/mol. The summed E-state index contributed by atoms with van der Waals surface area (Å²) < 4.78 is 68.2. The molecule has 0 spiro atoms. The monoisotopic (exact) mass is 256 g/mol. The van der Waals surface area contributed by atoms with Crippen LogP contribution in [0.5, 0.6) is 0 Å². The van der Waals surface area contributed by atoms with Gasteiger partial charge >= 0.3 is 59.1 Å². The zero-order valence-electron chi connectivity index (χ0n) is 6.58. The molecule has 0 aromatic carbocycles. The molecule has 0 aromatic rings. The van der Waals surface area contributed by atoms with Gasteiger partial charge in [0.1, 0.15) is 0 Å². The predicted molar refractivity (Wildman–Crippen MR) is 24.6 cm³/mol. The zero-order valence-corrected chi connectivity index (χ0v) is 12.2. The summed E-state index contributed by atoms with van der Waals surface area (Å²) in [5, 5.41) is 0. The zero-order chi connectivity index (χ0) is 9.00.